The lowest BCUT2D eigenvalue weighted by atomic mass is 10.1. The maximum Gasteiger partial charge on any atom is 0.0581 e. The molecule has 0 atom stereocenters. The molecule has 0 aromatic heterocycles. The minimum Gasteiger partial charge on any atom is -0.267 e. The first kappa shape index (κ1) is 10.1. The van der Waals surface area contributed by atoms with Gasteiger partial charge in [0.1, 0.15) is 0 Å². The van der Waals surface area contributed by atoms with E-state index in [0.717, 1.165) is 12.1 Å². The van der Waals surface area contributed by atoms with Crippen molar-refractivity contribution in [3.05, 3.63) is 11.9 Å². The highest BCUT2D eigenvalue weighted by atomic mass is 14.8. The summed E-state index contributed by atoms with van der Waals surface area (Å²) in [6.45, 7) is 9.65. The molecule has 0 saturated heterocycles. The zero-order valence-corrected chi connectivity index (χ0v) is 7.54. The fourth-order valence-corrected chi connectivity index (χ4v) is 0.737. The molecule has 0 rings (SSSR count). The highest BCUT2D eigenvalue weighted by Crippen LogP contribution is 2.10. The fourth-order valence-electron chi connectivity index (χ4n) is 0.737. The number of rotatable bonds is 4. The monoisotopic (exact) mass is 152 g/mol. The Morgan fingerprint density at radius 1 is 1.55 bits per heavy atom. The van der Waals surface area contributed by atoms with Crippen molar-refractivity contribution in [1.82, 2.24) is 0 Å². The van der Waals surface area contributed by atoms with Crippen LogP contribution in [-0.2, 0) is 0 Å². The van der Waals surface area contributed by atoms with Crippen LogP contribution in [0.4, 0.5) is 0 Å². The van der Waals surface area contributed by atoms with Crippen molar-refractivity contribution >= 4 is 12.9 Å². The number of hydrogen-bond acceptors (Lipinski definition) is 2. The first-order chi connectivity index (χ1) is 5.20. The minimum absolute atomic E-state index is 0.610. The standard InChI is InChI=1S/C9H16N2/c1-5-11-7-9(10-4)6-8(2)3/h5,7-8H,4,6H2,1-3H3/b9-7-,11-5?. The van der Waals surface area contributed by atoms with Crippen molar-refractivity contribution in [1.29, 1.82) is 0 Å². The van der Waals surface area contributed by atoms with Crippen LogP contribution in [0.2, 0.25) is 0 Å². The predicted octanol–water partition coefficient (Wildman–Crippen LogP) is 2.67. The average molecular weight is 152 g/mol. The lowest BCUT2D eigenvalue weighted by molar-refractivity contribution is 0.638. The quantitative estimate of drug-likeness (QED) is 0.553. The normalized spacial score (nSPS) is 12.9. The summed E-state index contributed by atoms with van der Waals surface area (Å²) in [7, 11) is 0. The van der Waals surface area contributed by atoms with E-state index in [1.165, 1.54) is 0 Å². The first-order valence-corrected chi connectivity index (χ1v) is 3.84. The summed E-state index contributed by atoms with van der Waals surface area (Å²) in [6.07, 6.45) is 4.44. The number of aliphatic imine (C=N–C) groups is 2. The van der Waals surface area contributed by atoms with Crippen molar-refractivity contribution in [2.24, 2.45) is 15.9 Å². The Morgan fingerprint density at radius 3 is 2.55 bits per heavy atom. The summed E-state index contributed by atoms with van der Waals surface area (Å²) in [5.41, 5.74) is 0.957. The summed E-state index contributed by atoms with van der Waals surface area (Å²) in [4.78, 5) is 7.84. The van der Waals surface area contributed by atoms with Gasteiger partial charge in [-0.15, -0.1) is 0 Å². The summed E-state index contributed by atoms with van der Waals surface area (Å²) < 4.78 is 0. The van der Waals surface area contributed by atoms with E-state index in [9.17, 15) is 0 Å². The molecule has 0 saturated carbocycles. The Labute approximate surface area is 68.8 Å². The molecule has 0 radical (unpaired) electrons. The van der Waals surface area contributed by atoms with E-state index in [1.807, 2.05) is 6.92 Å². The molecule has 62 valence electrons. The van der Waals surface area contributed by atoms with Crippen LogP contribution in [0.5, 0.6) is 0 Å². The molecule has 0 N–H and O–H groups in total. The van der Waals surface area contributed by atoms with Gasteiger partial charge in [0, 0.05) is 12.4 Å². The Morgan fingerprint density at radius 2 is 2.18 bits per heavy atom. The van der Waals surface area contributed by atoms with Crippen molar-refractivity contribution < 1.29 is 0 Å². The number of nitrogens with zero attached hydrogens (tertiary/aromatic N) is 2. The second kappa shape index (κ2) is 5.83. The molecule has 0 spiro atoms. The fraction of sp³-hybridized carbons (Fsp3) is 0.556. The molecule has 2 nitrogen and oxygen atoms in total. The van der Waals surface area contributed by atoms with E-state index in [-0.39, 0.29) is 0 Å². The van der Waals surface area contributed by atoms with Gasteiger partial charge in [-0.3, -0.25) is 9.98 Å². The Balaban J connectivity index is 4.04. The average Bonchev–Trinajstić information content (AvgIpc) is 1.97. The van der Waals surface area contributed by atoms with Gasteiger partial charge in [0.25, 0.3) is 0 Å². The maximum atomic E-state index is 3.98. The van der Waals surface area contributed by atoms with E-state index in [1.54, 1.807) is 12.4 Å². The molecular formula is C9H16N2. The van der Waals surface area contributed by atoms with Gasteiger partial charge in [-0.25, -0.2) is 0 Å². The van der Waals surface area contributed by atoms with Gasteiger partial charge >= 0.3 is 0 Å². The SMILES string of the molecule is C=N/C(=C\N=CC)CC(C)C. The van der Waals surface area contributed by atoms with Gasteiger partial charge in [0.2, 0.25) is 0 Å². The molecule has 0 heterocycles. The number of allylic oxidation sites excluding steroid dienone is 1. The van der Waals surface area contributed by atoms with E-state index in [4.69, 9.17) is 0 Å². The third kappa shape index (κ3) is 5.52. The van der Waals surface area contributed by atoms with Crippen LogP contribution in [-0.4, -0.2) is 12.9 Å². The summed E-state index contributed by atoms with van der Waals surface area (Å²) in [5, 5.41) is 0. The lowest BCUT2D eigenvalue weighted by Gasteiger charge is -2.02. The second-order valence-electron chi connectivity index (χ2n) is 2.78. The largest absolute Gasteiger partial charge is 0.267 e. The third-order valence-electron chi connectivity index (χ3n) is 1.19. The number of hydrogen-bond donors (Lipinski definition) is 0. The van der Waals surface area contributed by atoms with Gasteiger partial charge in [-0.1, -0.05) is 13.8 Å². The molecule has 0 aliphatic rings. The van der Waals surface area contributed by atoms with Gasteiger partial charge < -0.3 is 0 Å². The van der Waals surface area contributed by atoms with E-state index in [0.29, 0.717) is 5.92 Å². The first-order valence-electron chi connectivity index (χ1n) is 3.84. The van der Waals surface area contributed by atoms with Crippen LogP contribution < -0.4 is 0 Å². The van der Waals surface area contributed by atoms with Gasteiger partial charge in [0.05, 0.1) is 5.70 Å². The summed E-state index contributed by atoms with van der Waals surface area (Å²) in [6, 6.07) is 0. The maximum absolute atomic E-state index is 3.98. The van der Waals surface area contributed by atoms with Crippen LogP contribution in [0.15, 0.2) is 21.9 Å². The van der Waals surface area contributed by atoms with Crippen molar-refractivity contribution in [3.63, 3.8) is 0 Å². The highest BCUT2D eigenvalue weighted by Gasteiger charge is 1.96. The molecular weight excluding hydrogens is 136 g/mol. The zero-order valence-electron chi connectivity index (χ0n) is 7.54. The smallest absolute Gasteiger partial charge is 0.0581 e. The zero-order chi connectivity index (χ0) is 8.69. The molecule has 0 unspecified atom stereocenters. The highest BCUT2D eigenvalue weighted by molar-refractivity contribution is 5.54. The molecule has 0 fully saturated rings. The van der Waals surface area contributed by atoms with E-state index >= 15 is 0 Å². The summed E-state index contributed by atoms with van der Waals surface area (Å²) >= 11 is 0. The minimum atomic E-state index is 0.610. The molecule has 0 aliphatic carbocycles. The van der Waals surface area contributed by atoms with E-state index in [2.05, 4.69) is 30.5 Å². The molecule has 0 aromatic rings. The van der Waals surface area contributed by atoms with Crippen LogP contribution in [0.1, 0.15) is 27.2 Å². The van der Waals surface area contributed by atoms with Crippen molar-refractivity contribution in [2.45, 2.75) is 27.2 Å². The Hall–Kier alpha value is -0.920. The predicted molar refractivity (Wildman–Crippen MR) is 51.3 cm³/mol. The van der Waals surface area contributed by atoms with Gasteiger partial charge in [0.15, 0.2) is 0 Å². The van der Waals surface area contributed by atoms with Gasteiger partial charge in [-0.05, 0) is 26.0 Å². The van der Waals surface area contributed by atoms with Gasteiger partial charge in [-0.2, -0.15) is 0 Å². The van der Waals surface area contributed by atoms with Crippen LogP contribution in [0.3, 0.4) is 0 Å². The second-order valence-corrected chi connectivity index (χ2v) is 2.78. The van der Waals surface area contributed by atoms with Crippen LogP contribution >= 0.6 is 0 Å². The van der Waals surface area contributed by atoms with Crippen molar-refractivity contribution in [2.75, 3.05) is 0 Å². The molecule has 0 bridgehead atoms. The van der Waals surface area contributed by atoms with Crippen LogP contribution in [0, 0.1) is 5.92 Å². The molecule has 11 heavy (non-hydrogen) atoms. The van der Waals surface area contributed by atoms with Crippen LogP contribution in [0.25, 0.3) is 0 Å². The summed E-state index contributed by atoms with van der Waals surface area (Å²) in [5.74, 6) is 0.610. The molecule has 0 aliphatic heterocycles. The molecule has 2 heteroatoms. The van der Waals surface area contributed by atoms with Crippen molar-refractivity contribution in [3.8, 4) is 0 Å². The molecule has 0 aromatic carbocycles. The topological polar surface area (TPSA) is 24.7 Å². The molecule has 0 amide bonds. The third-order valence-corrected chi connectivity index (χ3v) is 1.19. The lowest BCUT2D eigenvalue weighted by Crippen LogP contribution is -1.88. The Bertz CT molecular complexity index is 166. The Kier molecular flexibility index (Phi) is 5.35. The van der Waals surface area contributed by atoms with E-state index < -0.39 is 0 Å².